The van der Waals surface area contributed by atoms with E-state index >= 15 is 0 Å². The minimum atomic E-state index is -0.285. The average Bonchev–Trinajstić information content (AvgIpc) is 2.91. The van der Waals surface area contributed by atoms with Gasteiger partial charge in [-0.25, -0.2) is 9.98 Å². The van der Waals surface area contributed by atoms with E-state index in [1.165, 1.54) is 10.5 Å². The summed E-state index contributed by atoms with van der Waals surface area (Å²) < 4.78 is 0. The number of hydrogen-bond donors (Lipinski definition) is 1. The van der Waals surface area contributed by atoms with Crippen LogP contribution in [0.25, 0.3) is 0 Å². The summed E-state index contributed by atoms with van der Waals surface area (Å²) in [6.45, 7) is 1.95. The fraction of sp³-hybridized carbons (Fsp3) is 0.167. The molecule has 0 unspecified atom stereocenters. The number of rotatable bonds is 5. The molecule has 6 heteroatoms. The summed E-state index contributed by atoms with van der Waals surface area (Å²) in [5.41, 5.74) is 4.00. The molecule has 2 heterocycles. The molecular formula is C24H22N4O2. The van der Waals surface area contributed by atoms with Crippen molar-refractivity contribution in [3.63, 3.8) is 0 Å². The number of aryl methyl sites for hydroxylation is 1. The molecule has 0 atom stereocenters. The average molecular weight is 398 g/mol. The number of pyridine rings is 1. The lowest BCUT2D eigenvalue weighted by Gasteiger charge is -2.20. The van der Waals surface area contributed by atoms with Crippen molar-refractivity contribution in [2.45, 2.75) is 19.8 Å². The van der Waals surface area contributed by atoms with Crippen LogP contribution in [0.2, 0.25) is 0 Å². The predicted octanol–water partition coefficient (Wildman–Crippen LogP) is 4.14. The highest BCUT2D eigenvalue weighted by Crippen LogP contribution is 2.30. The second-order valence-corrected chi connectivity index (χ2v) is 7.03. The quantitative estimate of drug-likeness (QED) is 0.702. The number of aromatic nitrogens is 1. The van der Waals surface area contributed by atoms with Crippen LogP contribution in [0, 0.1) is 0 Å². The van der Waals surface area contributed by atoms with Crippen LogP contribution in [0.1, 0.15) is 24.5 Å². The van der Waals surface area contributed by atoms with Gasteiger partial charge < -0.3 is 5.32 Å². The van der Waals surface area contributed by atoms with Crippen LogP contribution in [0.3, 0.4) is 0 Å². The van der Waals surface area contributed by atoms with Gasteiger partial charge in [-0.2, -0.15) is 0 Å². The maximum Gasteiger partial charge on any atom is 0.244 e. The molecule has 0 aliphatic carbocycles. The number of amides is 2. The zero-order valence-corrected chi connectivity index (χ0v) is 16.7. The number of benzene rings is 2. The molecule has 2 amide bonds. The van der Waals surface area contributed by atoms with Gasteiger partial charge in [-0.1, -0.05) is 49.4 Å². The van der Waals surface area contributed by atoms with Crippen molar-refractivity contribution in [3.05, 3.63) is 84.1 Å². The topological polar surface area (TPSA) is 74.7 Å². The molecule has 1 aromatic heterocycles. The lowest BCUT2D eigenvalue weighted by atomic mass is 10.1. The zero-order valence-electron chi connectivity index (χ0n) is 16.7. The monoisotopic (exact) mass is 398 g/mol. The van der Waals surface area contributed by atoms with Gasteiger partial charge in [0.2, 0.25) is 11.8 Å². The van der Waals surface area contributed by atoms with E-state index in [4.69, 9.17) is 0 Å². The van der Waals surface area contributed by atoms with Crippen molar-refractivity contribution in [2.24, 2.45) is 4.99 Å². The predicted molar refractivity (Wildman–Crippen MR) is 118 cm³/mol. The highest BCUT2D eigenvalue weighted by molar-refractivity contribution is 6.18. The lowest BCUT2D eigenvalue weighted by molar-refractivity contribution is -0.120. The van der Waals surface area contributed by atoms with Gasteiger partial charge in [-0.3, -0.25) is 14.5 Å². The summed E-state index contributed by atoms with van der Waals surface area (Å²) in [6, 6.07) is 20.8. The highest BCUT2D eigenvalue weighted by Gasteiger charge is 2.27. The minimum absolute atomic E-state index is 0.0961. The molecular weight excluding hydrogens is 376 g/mol. The number of anilines is 2. The van der Waals surface area contributed by atoms with Gasteiger partial charge in [0.15, 0.2) is 5.82 Å². The summed E-state index contributed by atoms with van der Waals surface area (Å²) in [5.74, 6) is -0.108. The first kappa shape index (κ1) is 19.5. The van der Waals surface area contributed by atoms with Crippen LogP contribution in [-0.4, -0.2) is 29.1 Å². The Morgan fingerprint density at radius 1 is 1.03 bits per heavy atom. The number of aliphatic imine (C=N–C) groups is 1. The number of hydrogen-bond acceptors (Lipinski definition) is 4. The van der Waals surface area contributed by atoms with Crippen LogP contribution in [0.5, 0.6) is 0 Å². The van der Waals surface area contributed by atoms with Crippen molar-refractivity contribution in [1.82, 2.24) is 4.98 Å². The van der Waals surface area contributed by atoms with E-state index in [1.54, 1.807) is 18.3 Å². The minimum Gasteiger partial charge on any atom is -0.325 e. The van der Waals surface area contributed by atoms with Crippen molar-refractivity contribution < 1.29 is 9.59 Å². The highest BCUT2D eigenvalue weighted by atomic mass is 16.2. The second-order valence-electron chi connectivity index (χ2n) is 7.03. The number of carbonyl (C=O) groups is 2. The van der Waals surface area contributed by atoms with Gasteiger partial charge in [0, 0.05) is 11.9 Å². The first-order chi connectivity index (χ1) is 14.6. The number of fused-ring (bicyclic) bond motifs is 1. The maximum absolute atomic E-state index is 13.1. The van der Waals surface area contributed by atoms with Crippen molar-refractivity contribution >= 4 is 34.7 Å². The smallest absolute Gasteiger partial charge is 0.244 e. The number of nitrogens with one attached hydrogen (secondary N) is 1. The molecule has 3 aromatic rings. The van der Waals surface area contributed by atoms with Crippen LogP contribution in [0.4, 0.5) is 17.2 Å². The Balaban J connectivity index is 1.57. The molecule has 6 nitrogen and oxygen atoms in total. The molecule has 1 aliphatic heterocycles. The standard InChI is InChI=1S/C24H22N4O2/c1-2-17-10-12-19(13-11-17)26-22(29)16-28-23(30)15-21(18-7-4-3-5-8-18)27-20-9-6-14-25-24(20)28/h3-14H,2,15-16H2,1H3,(H,26,29). The van der Waals surface area contributed by atoms with Gasteiger partial charge in [-0.05, 0) is 41.8 Å². The number of nitrogens with zero attached hydrogens (tertiary/aromatic N) is 3. The Kier molecular flexibility index (Phi) is 5.66. The Morgan fingerprint density at radius 2 is 1.80 bits per heavy atom. The summed E-state index contributed by atoms with van der Waals surface area (Å²) in [6.07, 6.45) is 2.63. The third kappa shape index (κ3) is 4.27. The third-order valence-electron chi connectivity index (χ3n) is 4.95. The largest absolute Gasteiger partial charge is 0.325 e. The van der Waals surface area contributed by atoms with E-state index in [2.05, 4.69) is 22.2 Å². The molecule has 0 bridgehead atoms. The van der Waals surface area contributed by atoms with Crippen LogP contribution >= 0.6 is 0 Å². The molecule has 0 fully saturated rings. The molecule has 0 spiro atoms. The molecule has 1 aliphatic rings. The van der Waals surface area contributed by atoms with Crippen LogP contribution in [0.15, 0.2) is 77.9 Å². The van der Waals surface area contributed by atoms with Crippen LogP contribution < -0.4 is 10.2 Å². The first-order valence-corrected chi connectivity index (χ1v) is 9.91. The van der Waals surface area contributed by atoms with Crippen molar-refractivity contribution in [3.8, 4) is 0 Å². The van der Waals surface area contributed by atoms with Crippen molar-refractivity contribution in [2.75, 3.05) is 16.8 Å². The number of carbonyl (C=O) groups excluding carboxylic acids is 2. The van der Waals surface area contributed by atoms with E-state index in [0.29, 0.717) is 22.9 Å². The molecule has 4 rings (SSSR count). The molecule has 0 saturated carbocycles. The van der Waals surface area contributed by atoms with Crippen molar-refractivity contribution in [1.29, 1.82) is 0 Å². The summed E-state index contributed by atoms with van der Waals surface area (Å²) in [4.78, 5) is 36.2. The summed E-state index contributed by atoms with van der Waals surface area (Å²) in [7, 11) is 0. The molecule has 30 heavy (non-hydrogen) atoms. The lowest BCUT2D eigenvalue weighted by Crippen LogP contribution is -2.38. The summed E-state index contributed by atoms with van der Waals surface area (Å²) >= 11 is 0. The van der Waals surface area contributed by atoms with Gasteiger partial charge in [0.05, 0.1) is 12.1 Å². The van der Waals surface area contributed by atoms with Gasteiger partial charge in [0.1, 0.15) is 12.2 Å². The normalized spacial score (nSPS) is 13.3. The molecule has 0 radical (unpaired) electrons. The fourth-order valence-electron chi connectivity index (χ4n) is 3.35. The Hall–Kier alpha value is -3.80. The fourth-order valence-corrected chi connectivity index (χ4v) is 3.35. The van der Waals surface area contributed by atoms with Gasteiger partial charge in [0.25, 0.3) is 0 Å². The van der Waals surface area contributed by atoms with Gasteiger partial charge in [-0.15, -0.1) is 0 Å². The van der Waals surface area contributed by atoms with E-state index < -0.39 is 0 Å². The summed E-state index contributed by atoms with van der Waals surface area (Å²) in [5, 5.41) is 2.86. The van der Waals surface area contributed by atoms with E-state index in [1.807, 2.05) is 54.6 Å². The SMILES string of the molecule is CCc1ccc(NC(=O)CN2C(=O)CC(c3ccccc3)=Nc3cccnc32)cc1. The Morgan fingerprint density at radius 3 is 2.53 bits per heavy atom. The van der Waals surface area contributed by atoms with E-state index in [-0.39, 0.29) is 24.8 Å². The Labute approximate surface area is 175 Å². The van der Waals surface area contributed by atoms with E-state index in [0.717, 1.165) is 12.0 Å². The molecule has 2 aromatic carbocycles. The zero-order chi connectivity index (χ0) is 20.9. The molecule has 150 valence electrons. The second kappa shape index (κ2) is 8.69. The van der Waals surface area contributed by atoms with Gasteiger partial charge >= 0.3 is 0 Å². The molecule has 1 N–H and O–H groups in total. The first-order valence-electron chi connectivity index (χ1n) is 9.91. The Bertz CT molecular complexity index is 1090. The maximum atomic E-state index is 13.1. The van der Waals surface area contributed by atoms with Crippen LogP contribution in [-0.2, 0) is 16.0 Å². The van der Waals surface area contributed by atoms with E-state index in [9.17, 15) is 9.59 Å². The molecule has 0 saturated heterocycles. The third-order valence-corrected chi connectivity index (χ3v) is 4.95.